The molecular formula is C16H31N3O2. The van der Waals surface area contributed by atoms with Crippen molar-refractivity contribution in [2.45, 2.75) is 53.0 Å². The van der Waals surface area contributed by atoms with Crippen molar-refractivity contribution >= 4 is 11.8 Å². The Morgan fingerprint density at radius 1 is 1.33 bits per heavy atom. The summed E-state index contributed by atoms with van der Waals surface area (Å²) in [5.74, 6) is 0.204. The lowest BCUT2D eigenvalue weighted by atomic mass is 9.61. The van der Waals surface area contributed by atoms with E-state index in [0.717, 1.165) is 19.3 Å². The fourth-order valence-corrected chi connectivity index (χ4v) is 3.17. The van der Waals surface area contributed by atoms with Gasteiger partial charge in [-0.1, -0.05) is 27.7 Å². The van der Waals surface area contributed by atoms with Crippen molar-refractivity contribution in [3.05, 3.63) is 0 Å². The monoisotopic (exact) mass is 297 g/mol. The van der Waals surface area contributed by atoms with Crippen LogP contribution in [0.5, 0.6) is 0 Å². The van der Waals surface area contributed by atoms with E-state index in [4.69, 9.17) is 5.73 Å². The molecule has 5 heteroatoms. The number of nitrogens with one attached hydrogen (secondary N) is 1. The lowest BCUT2D eigenvalue weighted by Crippen LogP contribution is -2.52. The average Bonchev–Trinajstić information content (AvgIpc) is 2.42. The molecule has 0 spiro atoms. The molecule has 0 aromatic heterocycles. The number of nitrogens with zero attached hydrogens (tertiary/aromatic N) is 1. The molecule has 1 rings (SSSR count). The van der Waals surface area contributed by atoms with Crippen molar-refractivity contribution in [2.75, 3.05) is 20.1 Å². The third kappa shape index (κ3) is 4.19. The highest BCUT2D eigenvalue weighted by molar-refractivity contribution is 5.86. The van der Waals surface area contributed by atoms with Crippen molar-refractivity contribution in [1.29, 1.82) is 0 Å². The van der Waals surface area contributed by atoms with Crippen LogP contribution in [0.1, 0.15) is 47.0 Å². The quantitative estimate of drug-likeness (QED) is 0.805. The Bertz CT molecular complexity index is 382. The molecule has 0 aromatic rings. The Balaban J connectivity index is 2.67. The smallest absolute Gasteiger partial charge is 0.239 e. The maximum atomic E-state index is 12.7. The van der Waals surface area contributed by atoms with Crippen molar-refractivity contribution in [3.8, 4) is 0 Å². The molecule has 3 N–H and O–H groups in total. The molecule has 0 saturated heterocycles. The van der Waals surface area contributed by atoms with Crippen LogP contribution in [0.3, 0.4) is 0 Å². The van der Waals surface area contributed by atoms with Gasteiger partial charge in [0.1, 0.15) is 0 Å². The van der Waals surface area contributed by atoms with Gasteiger partial charge in [0.05, 0.1) is 6.54 Å². The fraction of sp³-hybridized carbons (Fsp3) is 0.875. The topological polar surface area (TPSA) is 75.4 Å². The SMILES string of the molecule is CCCNC(=O)CN(C)C(=O)C1CCC(N)C(C)C1(C)C. The molecule has 0 bridgehead atoms. The second-order valence-electron chi connectivity index (χ2n) is 6.95. The van der Waals surface area contributed by atoms with Gasteiger partial charge in [0.2, 0.25) is 11.8 Å². The first-order valence-electron chi connectivity index (χ1n) is 7.99. The van der Waals surface area contributed by atoms with E-state index >= 15 is 0 Å². The summed E-state index contributed by atoms with van der Waals surface area (Å²) in [5.41, 5.74) is 6.00. The molecule has 0 heterocycles. The van der Waals surface area contributed by atoms with Gasteiger partial charge >= 0.3 is 0 Å². The number of amides is 2. The van der Waals surface area contributed by atoms with Gasteiger partial charge in [-0.2, -0.15) is 0 Å². The number of hydrogen-bond donors (Lipinski definition) is 2. The molecule has 1 aliphatic rings. The largest absolute Gasteiger partial charge is 0.355 e. The molecule has 0 aliphatic heterocycles. The van der Waals surface area contributed by atoms with E-state index in [9.17, 15) is 9.59 Å². The molecule has 0 aromatic carbocycles. The van der Waals surface area contributed by atoms with E-state index in [1.165, 1.54) is 0 Å². The first-order chi connectivity index (χ1) is 9.71. The zero-order chi connectivity index (χ0) is 16.2. The highest BCUT2D eigenvalue weighted by atomic mass is 16.2. The lowest BCUT2D eigenvalue weighted by Gasteiger charge is -2.46. The third-order valence-corrected chi connectivity index (χ3v) is 5.13. The summed E-state index contributed by atoms with van der Waals surface area (Å²) in [5, 5.41) is 2.80. The van der Waals surface area contributed by atoms with Crippen molar-refractivity contribution in [2.24, 2.45) is 23.0 Å². The summed E-state index contributed by atoms with van der Waals surface area (Å²) < 4.78 is 0. The van der Waals surface area contributed by atoms with Crippen LogP contribution < -0.4 is 11.1 Å². The van der Waals surface area contributed by atoms with Crippen LogP contribution in [-0.2, 0) is 9.59 Å². The molecule has 122 valence electrons. The number of carbonyl (C=O) groups is 2. The highest BCUT2D eigenvalue weighted by Gasteiger charge is 2.45. The van der Waals surface area contributed by atoms with E-state index in [0.29, 0.717) is 12.5 Å². The van der Waals surface area contributed by atoms with Gasteiger partial charge in [-0.3, -0.25) is 9.59 Å². The number of carbonyl (C=O) groups excluding carboxylic acids is 2. The van der Waals surface area contributed by atoms with Gasteiger partial charge in [0, 0.05) is 25.6 Å². The molecular weight excluding hydrogens is 266 g/mol. The standard InChI is InChI=1S/C16H31N3O2/c1-6-9-18-14(20)10-19(5)15(21)12-7-8-13(17)11(2)16(12,3)4/h11-13H,6-10,17H2,1-5H3,(H,18,20). The third-order valence-electron chi connectivity index (χ3n) is 5.13. The lowest BCUT2D eigenvalue weighted by molar-refractivity contribution is -0.144. The average molecular weight is 297 g/mol. The van der Waals surface area contributed by atoms with Gasteiger partial charge in [-0.05, 0) is 30.6 Å². The van der Waals surface area contributed by atoms with Gasteiger partial charge < -0.3 is 16.0 Å². The normalized spacial score (nSPS) is 28.0. The van der Waals surface area contributed by atoms with Gasteiger partial charge in [0.25, 0.3) is 0 Å². The molecule has 1 fully saturated rings. The summed E-state index contributed by atoms with van der Waals surface area (Å²) in [4.78, 5) is 26.0. The highest BCUT2D eigenvalue weighted by Crippen LogP contribution is 2.44. The summed E-state index contributed by atoms with van der Waals surface area (Å²) in [7, 11) is 1.71. The molecule has 3 unspecified atom stereocenters. The zero-order valence-corrected chi connectivity index (χ0v) is 14.1. The Morgan fingerprint density at radius 3 is 2.52 bits per heavy atom. The molecule has 1 aliphatic carbocycles. The van der Waals surface area contributed by atoms with Crippen molar-refractivity contribution in [3.63, 3.8) is 0 Å². The van der Waals surface area contributed by atoms with Crippen LogP contribution in [0.4, 0.5) is 0 Å². The van der Waals surface area contributed by atoms with E-state index < -0.39 is 0 Å². The zero-order valence-electron chi connectivity index (χ0n) is 14.1. The first-order valence-corrected chi connectivity index (χ1v) is 7.99. The molecule has 2 amide bonds. The van der Waals surface area contributed by atoms with Gasteiger partial charge in [-0.15, -0.1) is 0 Å². The van der Waals surface area contributed by atoms with Crippen LogP contribution >= 0.6 is 0 Å². The maximum absolute atomic E-state index is 12.7. The molecule has 21 heavy (non-hydrogen) atoms. The van der Waals surface area contributed by atoms with E-state index in [1.54, 1.807) is 11.9 Å². The molecule has 3 atom stereocenters. The second-order valence-corrected chi connectivity index (χ2v) is 6.95. The van der Waals surface area contributed by atoms with Crippen LogP contribution in [0.25, 0.3) is 0 Å². The number of rotatable bonds is 5. The molecule has 1 saturated carbocycles. The second kappa shape index (κ2) is 7.25. The van der Waals surface area contributed by atoms with Gasteiger partial charge in [0.15, 0.2) is 0 Å². The molecule has 5 nitrogen and oxygen atoms in total. The predicted octanol–water partition coefficient (Wildman–Crippen LogP) is 1.37. The minimum absolute atomic E-state index is 0.0590. The predicted molar refractivity (Wildman–Crippen MR) is 84.6 cm³/mol. The fourth-order valence-electron chi connectivity index (χ4n) is 3.17. The van der Waals surface area contributed by atoms with E-state index in [2.05, 4.69) is 26.1 Å². The summed E-state index contributed by atoms with van der Waals surface area (Å²) in [6.07, 6.45) is 2.57. The van der Waals surface area contributed by atoms with E-state index in [1.807, 2.05) is 6.92 Å². The first kappa shape index (κ1) is 18.0. The minimum atomic E-state index is -0.136. The Labute approximate surface area is 128 Å². The maximum Gasteiger partial charge on any atom is 0.239 e. The number of hydrogen-bond acceptors (Lipinski definition) is 3. The Hall–Kier alpha value is -1.10. The summed E-state index contributed by atoms with van der Waals surface area (Å²) >= 11 is 0. The van der Waals surface area contributed by atoms with Crippen molar-refractivity contribution < 1.29 is 9.59 Å². The van der Waals surface area contributed by atoms with Crippen LogP contribution in [0, 0.1) is 17.3 Å². The van der Waals surface area contributed by atoms with Crippen LogP contribution in [0.2, 0.25) is 0 Å². The Kier molecular flexibility index (Phi) is 6.20. The summed E-state index contributed by atoms with van der Waals surface area (Å²) in [6, 6.07) is 0.155. The molecule has 0 radical (unpaired) electrons. The van der Waals surface area contributed by atoms with Crippen LogP contribution in [0.15, 0.2) is 0 Å². The van der Waals surface area contributed by atoms with Crippen molar-refractivity contribution in [1.82, 2.24) is 10.2 Å². The minimum Gasteiger partial charge on any atom is -0.355 e. The Morgan fingerprint density at radius 2 is 1.95 bits per heavy atom. The number of nitrogens with two attached hydrogens (primary N) is 1. The van der Waals surface area contributed by atoms with E-state index in [-0.39, 0.29) is 35.7 Å². The van der Waals surface area contributed by atoms with Crippen LogP contribution in [-0.4, -0.2) is 42.9 Å². The summed E-state index contributed by atoms with van der Waals surface area (Å²) in [6.45, 7) is 9.14. The van der Waals surface area contributed by atoms with Gasteiger partial charge in [-0.25, -0.2) is 0 Å². The number of likely N-dealkylation sites (N-methyl/N-ethyl adjacent to an activating group) is 1.